The van der Waals surface area contributed by atoms with Crippen LogP contribution in [-0.4, -0.2) is 11.6 Å². The predicted octanol–water partition coefficient (Wildman–Crippen LogP) is 5.61. The molecule has 3 aromatic rings. The summed E-state index contributed by atoms with van der Waals surface area (Å²) in [4.78, 5) is 31.2. The summed E-state index contributed by atoms with van der Waals surface area (Å²) >= 11 is 0. The number of rotatable bonds is 7. The van der Waals surface area contributed by atoms with Gasteiger partial charge in [0, 0.05) is 46.9 Å². The maximum absolute atomic E-state index is 13.8. The zero-order chi connectivity index (χ0) is 26.7. The lowest BCUT2D eigenvalue weighted by Gasteiger charge is -2.32. The second-order valence-electron chi connectivity index (χ2n) is 10.3. The number of allylic oxidation sites excluding steroid dienone is 5. The number of anilines is 1. The van der Waals surface area contributed by atoms with Crippen molar-refractivity contribution in [3.05, 3.63) is 121 Å². The van der Waals surface area contributed by atoms with Gasteiger partial charge in [0.25, 0.3) is 0 Å². The average molecular weight is 519 g/mol. The molecule has 3 aliphatic rings. The summed E-state index contributed by atoms with van der Waals surface area (Å²) in [6, 6.07) is 7.55. The quantitative estimate of drug-likeness (QED) is 0.301. The summed E-state index contributed by atoms with van der Waals surface area (Å²) in [5, 5.41) is 0. The van der Waals surface area contributed by atoms with Gasteiger partial charge in [-0.3, -0.25) is 14.6 Å². The fourth-order valence-corrected chi connectivity index (χ4v) is 5.67. The minimum atomic E-state index is -4.50. The molecule has 0 N–H and O–H groups in total. The van der Waals surface area contributed by atoms with Crippen molar-refractivity contribution in [3.8, 4) is 0 Å². The van der Waals surface area contributed by atoms with E-state index in [1.54, 1.807) is 24.5 Å². The molecule has 194 valence electrons. The van der Waals surface area contributed by atoms with Gasteiger partial charge in [-0.2, -0.15) is 13.2 Å². The molecular weight excluding hydrogens is 493 g/mol. The standard InChI is InChI=1S/C30H25F3N2O3/c1-29(11-10-18-5-2-3-6-18)22-13-20(30(31,32)33)8-9-23(22)35(16-19-7-4-12-34-15-19)25(29)14-21-26(24-17-38-24)28(37)27(21)36/h2-9,12-15,18,24H,10-11,16-17H2,1H3/b25-14+. The zero-order valence-corrected chi connectivity index (χ0v) is 20.7. The molecule has 0 saturated carbocycles. The van der Waals surface area contributed by atoms with Crippen molar-refractivity contribution in [1.82, 2.24) is 4.98 Å². The Morgan fingerprint density at radius 1 is 1.16 bits per heavy atom. The van der Waals surface area contributed by atoms with E-state index in [0.29, 0.717) is 54.1 Å². The molecule has 2 aromatic carbocycles. The number of fused-ring (bicyclic) bond motifs is 1. The van der Waals surface area contributed by atoms with E-state index < -0.39 is 28.0 Å². The van der Waals surface area contributed by atoms with Crippen molar-refractivity contribution >= 4 is 11.8 Å². The Morgan fingerprint density at radius 3 is 2.58 bits per heavy atom. The number of hydrogen-bond donors (Lipinski definition) is 0. The normalized spacial score (nSPS) is 23.6. The third kappa shape index (κ3) is 4.13. The molecule has 0 radical (unpaired) electrons. The number of pyridine rings is 1. The first-order valence-corrected chi connectivity index (χ1v) is 12.6. The van der Waals surface area contributed by atoms with Gasteiger partial charge in [0.15, 0.2) is 0 Å². The number of halogens is 3. The van der Waals surface area contributed by atoms with Crippen molar-refractivity contribution in [2.24, 2.45) is 5.92 Å². The van der Waals surface area contributed by atoms with Gasteiger partial charge in [-0.1, -0.05) is 30.4 Å². The molecule has 1 aliphatic carbocycles. The fraction of sp³-hybridized carbons (Fsp3) is 0.300. The summed E-state index contributed by atoms with van der Waals surface area (Å²) < 4.78 is 46.8. The molecule has 3 heterocycles. The van der Waals surface area contributed by atoms with Crippen molar-refractivity contribution in [2.45, 2.75) is 44.0 Å². The smallest absolute Gasteiger partial charge is 0.368 e. The molecular formula is C30H25F3N2O3. The van der Waals surface area contributed by atoms with Gasteiger partial charge in [-0.15, -0.1) is 0 Å². The SMILES string of the molecule is CC1(CCC2C=CC=C2)/C(=C\c2c(C3CO3)c(=O)c2=O)N(Cc2cccnc2)c2ccc(C(F)(F)F)cc21. The summed E-state index contributed by atoms with van der Waals surface area (Å²) in [6.45, 7) is 2.66. The summed E-state index contributed by atoms with van der Waals surface area (Å²) in [6.07, 6.45) is 9.53. The van der Waals surface area contributed by atoms with E-state index in [1.165, 1.54) is 12.1 Å². The second kappa shape index (κ2) is 8.91. The first kappa shape index (κ1) is 24.6. The van der Waals surface area contributed by atoms with Crippen LogP contribution < -0.4 is 15.8 Å². The van der Waals surface area contributed by atoms with E-state index in [4.69, 9.17) is 4.74 Å². The van der Waals surface area contributed by atoms with Gasteiger partial charge in [-0.05, 0) is 67.2 Å². The van der Waals surface area contributed by atoms with Crippen molar-refractivity contribution < 1.29 is 17.9 Å². The van der Waals surface area contributed by atoms with Crippen LogP contribution in [0.4, 0.5) is 18.9 Å². The summed E-state index contributed by atoms with van der Waals surface area (Å²) in [5.74, 6) is 0.177. The van der Waals surface area contributed by atoms with Gasteiger partial charge in [0.2, 0.25) is 10.9 Å². The van der Waals surface area contributed by atoms with Crippen LogP contribution in [0.3, 0.4) is 0 Å². The van der Waals surface area contributed by atoms with Crippen LogP contribution in [0.1, 0.15) is 53.7 Å². The Hall–Kier alpha value is -3.78. The molecule has 1 saturated heterocycles. The van der Waals surface area contributed by atoms with Crippen LogP contribution in [0.5, 0.6) is 0 Å². The van der Waals surface area contributed by atoms with Crippen molar-refractivity contribution in [3.63, 3.8) is 0 Å². The molecule has 0 bridgehead atoms. The Kier molecular flexibility index (Phi) is 5.76. The molecule has 2 unspecified atom stereocenters. The number of aromatic nitrogens is 1. The molecule has 5 nitrogen and oxygen atoms in total. The van der Waals surface area contributed by atoms with Gasteiger partial charge < -0.3 is 9.64 Å². The van der Waals surface area contributed by atoms with E-state index in [9.17, 15) is 22.8 Å². The zero-order valence-electron chi connectivity index (χ0n) is 20.7. The van der Waals surface area contributed by atoms with Crippen LogP contribution in [0.15, 0.2) is 82.3 Å². The molecule has 8 heteroatoms. The van der Waals surface area contributed by atoms with E-state index in [2.05, 4.69) is 17.1 Å². The predicted molar refractivity (Wildman–Crippen MR) is 138 cm³/mol. The number of nitrogens with zero attached hydrogens (tertiary/aromatic N) is 2. The molecule has 1 fully saturated rings. The highest BCUT2D eigenvalue weighted by atomic mass is 19.4. The Labute approximate surface area is 217 Å². The highest BCUT2D eigenvalue weighted by Gasteiger charge is 2.46. The number of hydrogen-bond acceptors (Lipinski definition) is 5. The minimum Gasteiger partial charge on any atom is -0.368 e. The average Bonchev–Trinajstić information content (AvgIpc) is 3.53. The highest BCUT2D eigenvalue weighted by molar-refractivity contribution is 5.78. The van der Waals surface area contributed by atoms with E-state index >= 15 is 0 Å². The lowest BCUT2D eigenvalue weighted by atomic mass is 9.75. The lowest BCUT2D eigenvalue weighted by molar-refractivity contribution is -0.137. The number of ether oxygens (including phenoxy) is 1. The maximum atomic E-state index is 13.8. The topological polar surface area (TPSA) is 62.8 Å². The van der Waals surface area contributed by atoms with Crippen LogP contribution in [-0.2, 0) is 22.9 Å². The Balaban J connectivity index is 1.52. The minimum absolute atomic E-state index is 0.177. The molecule has 2 aliphatic heterocycles. The molecule has 0 spiro atoms. The molecule has 1 aromatic heterocycles. The Morgan fingerprint density at radius 2 is 1.92 bits per heavy atom. The molecule has 2 atom stereocenters. The van der Waals surface area contributed by atoms with Crippen molar-refractivity contribution in [1.29, 1.82) is 0 Å². The van der Waals surface area contributed by atoms with Gasteiger partial charge in [-0.25, -0.2) is 0 Å². The molecule has 38 heavy (non-hydrogen) atoms. The highest BCUT2D eigenvalue weighted by Crippen LogP contribution is 2.53. The first-order valence-electron chi connectivity index (χ1n) is 12.6. The van der Waals surface area contributed by atoms with Gasteiger partial charge >= 0.3 is 6.18 Å². The van der Waals surface area contributed by atoms with E-state index in [-0.39, 0.29) is 12.0 Å². The van der Waals surface area contributed by atoms with Crippen LogP contribution in [0.25, 0.3) is 6.08 Å². The Bertz CT molecular complexity index is 1550. The maximum Gasteiger partial charge on any atom is 0.416 e. The van der Waals surface area contributed by atoms with Crippen molar-refractivity contribution in [2.75, 3.05) is 11.5 Å². The third-order valence-electron chi connectivity index (χ3n) is 7.86. The monoisotopic (exact) mass is 518 g/mol. The van der Waals surface area contributed by atoms with Gasteiger partial charge in [0.05, 0.1) is 12.2 Å². The second-order valence-corrected chi connectivity index (χ2v) is 10.3. The number of benzene rings is 1. The summed E-state index contributed by atoms with van der Waals surface area (Å²) in [5.41, 5.74) is 0.723. The number of alkyl halides is 3. The van der Waals surface area contributed by atoms with Crippen LogP contribution >= 0.6 is 0 Å². The van der Waals surface area contributed by atoms with Crippen LogP contribution in [0, 0.1) is 5.92 Å². The van der Waals surface area contributed by atoms with Gasteiger partial charge in [0.1, 0.15) is 6.10 Å². The van der Waals surface area contributed by atoms with E-state index in [0.717, 1.165) is 11.6 Å². The molecule has 0 amide bonds. The lowest BCUT2D eigenvalue weighted by Crippen LogP contribution is -2.39. The molecule has 6 rings (SSSR count). The third-order valence-corrected chi connectivity index (χ3v) is 7.86. The number of epoxide rings is 1. The fourth-order valence-electron chi connectivity index (χ4n) is 5.67. The van der Waals surface area contributed by atoms with Crippen LogP contribution in [0.2, 0.25) is 0 Å². The summed E-state index contributed by atoms with van der Waals surface area (Å²) in [7, 11) is 0. The van der Waals surface area contributed by atoms with E-state index in [1.807, 2.05) is 30.0 Å². The first-order chi connectivity index (χ1) is 18.2. The largest absolute Gasteiger partial charge is 0.416 e.